The minimum atomic E-state index is 0. The fourth-order valence-electron chi connectivity index (χ4n) is 3.83. The van der Waals surface area contributed by atoms with E-state index in [4.69, 9.17) is 0 Å². The zero-order chi connectivity index (χ0) is 19.1. The van der Waals surface area contributed by atoms with Gasteiger partial charge < -0.3 is 20.4 Å². The minimum absolute atomic E-state index is 0. The molecule has 2 N–H and O–H groups in total. The summed E-state index contributed by atoms with van der Waals surface area (Å²) in [6.07, 6.45) is 3.10. The number of carbonyl (C=O) groups excluding carboxylic acids is 2. The van der Waals surface area contributed by atoms with Gasteiger partial charge in [-0.2, -0.15) is 0 Å². The molecule has 1 unspecified atom stereocenters. The molecule has 164 valence electrons. The van der Waals surface area contributed by atoms with E-state index in [1.54, 1.807) is 0 Å². The molecule has 0 spiro atoms. The Morgan fingerprint density at radius 1 is 1.10 bits per heavy atom. The zero-order valence-corrected chi connectivity index (χ0v) is 18.8. The van der Waals surface area contributed by atoms with E-state index in [-0.39, 0.29) is 36.6 Å². The number of likely N-dealkylation sites (N-methyl/N-ethyl adjacent to an activating group) is 1. The van der Waals surface area contributed by atoms with Crippen molar-refractivity contribution < 1.29 is 9.59 Å². The normalized spacial score (nSPS) is 19.2. The van der Waals surface area contributed by atoms with Crippen molar-refractivity contribution in [2.24, 2.45) is 5.92 Å². The highest BCUT2D eigenvalue weighted by molar-refractivity contribution is 5.90. The summed E-state index contributed by atoms with van der Waals surface area (Å²) in [4.78, 5) is 28.9. The van der Waals surface area contributed by atoms with Gasteiger partial charge in [0.1, 0.15) is 0 Å². The van der Waals surface area contributed by atoms with Gasteiger partial charge in [-0.25, -0.2) is 0 Å². The van der Waals surface area contributed by atoms with Crippen LogP contribution in [0.5, 0.6) is 0 Å². The number of nitrogens with one attached hydrogen (secondary N) is 2. The summed E-state index contributed by atoms with van der Waals surface area (Å²) in [6.45, 7) is 8.86. The first-order valence-corrected chi connectivity index (χ1v) is 10.2. The van der Waals surface area contributed by atoms with Gasteiger partial charge in [0, 0.05) is 38.3 Å². The first-order valence-electron chi connectivity index (χ1n) is 10.2. The largest absolute Gasteiger partial charge is 0.340 e. The molecule has 8 heteroatoms. The van der Waals surface area contributed by atoms with Gasteiger partial charge in [-0.3, -0.25) is 9.59 Å². The standard InChI is InChI=1S/C21H32N4O2.2ClH/c1-2-24-11-13-25(14-12-24)21(27)15-17-3-6-19(7-4-17)23-20(26)8-5-18-9-10-22-16-18;;/h3-4,6-7,18,22H,2,5,8-16H2,1H3,(H,23,26);2*1H. The SMILES string of the molecule is CCN1CCN(C(=O)Cc2ccc(NC(=O)CCC3CCNC3)cc2)CC1.Cl.Cl. The molecule has 2 aliphatic heterocycles. The number of carbonyl (C=O) groups is 2. The quantitative estimate of drug-likeness (QED) is 0.677. The van der Waals surface area contributed by atoms with E-state index in [0.29, 0.717) is 18.8 Å². The van der Waals surface area contributed by atoms with Crippen LogP contribution in [0.4, 0.5) is 5.69 Å². The zero-order valence-electron chi connectivity index (χ0n) is 17.2. The molecule has 0 aliphatic carbocycles. The number of anilines is 1. The topological polar surface area (TPSA) is 64.7 Å². The van der Waals surface area contributed by atoms with E-state index >= 15 is 0 Å². The Labute approximate surface area is 186 Å². The summed E-state index contributed by atoms with van der Waals surface area (Å²) in [5, 5.41) is 6.29. The van der Waals surface area contributed by atoms with Crippen LogP contribution in [0.2, 0.25) is 0 Å². The van der Waals surface area contributed by atoms with Crippen molar-refractivity contribution in [1.29, 1.82) is 0 Å². The van der Waals surface area contributed by atoms with Crippen molar-refractivity contribution in [3.63, 3.8) is 0 Å². The lowest BCUT2D eigenvalue weighted by Gasteiger charge is -2.34. The average molecular weight is 445 g/mol. The van der Waals surface area contributed by atoms with Gasteiger partial charge in [0.05, 0.1) is 6.42 Å². The summed E-state index contributed by atoms with van der Waals surface area (Å²) >= 11 is 0. The van der Waals surface area contributed by atoms with Crippen LogP contribution in [0.3, 0.4) is 0 Å². The third kappa shape index (κ3) is 8.13. The number of benzene rings is 1. The Bertz CT molecular complexity index is 628. The number of hydrogen-bond donors (Lipinski definition) is 2. The highest BCUT2D eigenvalue weighted by Gasteiger charge is 2.20. The van der Waals surface area contributed by atoms with Gasteiger partial charge in [-0.05, 0) is 56.1 Å². The molecule has 6 nitrogen and oxygen atoms in total. The molecule has 2 heterocycles. The van der Waals surface area contributed by atoms with Crippen LogP contribution in [0, 0.1) is 5.92 Å². The van der Waals surface area contributed by atoms with Crippen LogP contribution in [0.1, 0.15) is 31.7 Å². The van der Waals surface area contributed by atoms with Crippen LogP contribution in [-0.2, 0) is 16.0 Å². The third-order valence-electron chi connectivity index (χ3n) is 5.71. The second-order valence-corrected chi connectivity index (χ2v) is 7.63. The molecule has 2 saturated heterocycles. The van der Waals surface area contributed by atoms with Crippen molar-refractivity contribution in [2.45, 2.75) is 32.6 Å². The van der Waals surface area contributed by atoms with Crippen LogP contribution < -0.4 is 10.6 Å². The Kier molecular flexibility index (Phi) is 11.6. The molecule has 0 saturated carbocycles. The molecule has 1 atom stereocenters. The summed E-state index contributed by atoms with van der Waals surface area (Å²) in [7, 11) is 0. The van der Waals surface area contributed by atoms with E-state index in [9.17, 15) is 9.59 Å². The fraction of sp³-hybridized carbons (Fsp3) is 0.619. The van der Waals surface area contributed by atoms with Gasteiger partial charge in [0.2, 0.25) is 11.8 Å². The van der Waals surface area contributed by atoms with Crippen molar-refractivity contribution in [1.82, 2.24) is 15.1 Å². The van der Waals surface area contributed by atoms with Gasteiger partial charge in [0.15, 0.2) is 0 Å². The van der Waals surface area contributed by atoms with Gasteiger partial charge >= 0.3 is 0 Å². The third-order valence-corrected chi connectivity index (χ3v) is 5.71. The highest BCUT2D eigenvalue weighted by atomic mass is 35.5. The van der Waals surface area contributed by atoms with Gasteiger partial charge in [0.25, 0.3) is 0 Å². The van der Waals surface area contributed by atoms with Crippen LogP contribution in [0.15, 0.2) is 24.3 Å². The molecular formula is C21H34Cl2N4O2. The number of nitrogens with zero attached hydrogens (tertiary/aromatic N) is 2. The lowest BCUT2D eigenvalue weighted by molar-refractivity contribution is -0.132. The molecule has 2 fully saturated rings. The summed E-state index contributed by atoms with van der Waals surface area (Å²) in [5.74, 6) is 0.885. The van der Waals surface area contributed by atoms with E-state index in [2.05, 4.69) is 22.5 Å². The average Bonchev–Trinajstić information content (AvgIpc) is 3.21. The fourth-order valence-corrected chi connectivity index (χ4v) is 3.83. The van der Waals surface area contributed by atoms with Crippen molar-refractivity contribution in [3.8, 4) is 0 Å². The molecule has 0 bridgehead atoms. The van der Waals surface area contributed by atoms with Crippen LogP contribution in [0.25, 0.3) is 0 Å². The minimum Gasteiger partial charge on any atom is -0.340 e. The van der Waals surface area contributed by atoms with E-state index in [1.807, 2.05) is 29.2 Å². The van der Waals surface area contributed by atoms with Crippen molar-refractivity contribution in [3.05, 3.63) is 29.8 Å². The molecule has 2 amide bonds. The van der Waals surface area contributed by atoms with Crippen LogP contribution >= 0.6 is 24.8 Å². The van der Waals surface area contributed by atoms with E-state index in [1.165, 1.54) is 6.42 Å². The maximum Gasteiger partial charge on any atom is 0.227 e. The molecule has 29 heavy (non-hydrogen) atoms. The molecule has 1 aromatic rings. The number of piperazine rings is 1. The maximum atomic E-state index is 12.5. The second kappa shape index (κ2) is 13.1. The first-order chi connectivity index (χ1) is 13.1. The van der Waals surface area contributed by atoms with Gasteiger partial charge in [-0.15, -0.1) is 24.8 Å². The lowest BCUT2D eigenvalue weighted by Crippen LogP contribution is -2.48. The number of rotatable bonds is 7. The smallest absolute Gasteiger partial charge is 0.227 e. The number of hydrogen-bond acceptors (Lipinski definition) is 4. The van der Waals surface area contributed by atoms with E-state index < -0.39 is 0 Å². The van der Waals surface area contributed by atoms with Crippen LogP contribution in [-0.4, -0.2) is 67.4 Å². The number of amides is 2. The Morgan fingerprint density at radius 2 is 1.79 bits per heavy atom. The summed E-state index contributed by atoms with van der Waals surface area (Å²) in [5.41, 5.74) is 1.80. The first kappa shape index (κ1) is 25.7. The van der Waals surface area contributed by atoms with Gasteiger partial charge in [-0.1, -0.05) is 19.1 Å². The molecule has 2 aliphatic rings. The molecular weight excluding hydrogens is 411 g/mol. The predicted octanol–water partition coefficient (Wildman–Crippen LogP) is 2.57. The predicted molar refractivity (Wildman–Crippen MR) is 122 cm³/mol. The second-order valence-electron chi connectivity index (χ2n) is 7.63. The Hall–Kier alpha value is -1.34. The van der Waals surface area contributed by atoms with Crippen molar-refractivity contribution >= 4 is 42.3 Å². The molecule has 1 aromatic carbocycles. The monoisotopic (exact) mass is 444 g/mol. The summed E-state index contributed by atoms with van der Waals surface area (Å²) < 4.78 is 0. The molecule has 3 rings (SSSR count). The molecule has 0 aromatic heterocycles. The Morgan fingerprint density at radius 3 is 2.38 bits per heavy atom. The Balaban J connectivity index is 0.00000210. The van der Waals surface area contributed by atoms with E-state index in [0.717, 1.165) is 63.5 Å². The maximum absolute atomic E-state index is 12.5. The van der Waals surface area contributed by atoms with Crippen molar-refractivity contribution in [2.75, 3.05) is 51.1 Å². The molecule has 0 radical (unpaired) electrons. The number of halogens is 2. The lowest BCUT2D eigenvalue weighted by atomic mass is 10.0. The summed E-state index contributed by atoms with van der Waals surface area (Å²) in [6, 6.07) is 7.67. The highest BCUT2D eigenvalue weighted by Crippen LogP contribution is 2.16.